The summed E-state index contributed by atoms with van der Waals surface area (Å²) in [6.45, 7) is 6.75. The third-order valence-corrected chi connectivity index (χ3v) is 6.57. The van der Waals surface area contributed by atoms with Gasteiger partial charge in [0.05, 0.1) is 7.11 Å². The average molecular weight is 479 g/mol. The van der Waals surface area contributed by atoms with Gasteiger partial charge in [0.25, 0.3) is 0 Å². The van der Waals surface area contributed by atoms with E-state index in [2.05, 4.69) is 20.2 Å². The largest absolute Gasteiger partial charge is 0.482 e. The predicted molar refractivity (Wildman–Crippen MR) is 126 cm³/mol. The molecular formula is C22H30N4O6S. The van der Waals surface area contributed by atoms with Crippen LogP contribution in [0.1, 0.15) is 45.6 Å². The van der Waals surface area contributed by atoms with Crippen molar-refractivity contribution in [3.63, 3.8) is 0 Å². The highest BCUT2D eigenvalue weighted by Gasteiger charge is 2.37. The number of carbonyl (C=O) groups excluding carboxylic acids is 3. The number of benzene rings is 1. The maximum absolute atomic E-state index is 13.2. The number of hydrazone groups is 1. The Morgan fingerprint density at radius 1 is 1.15 bits per heavy atom. The van der Waals surface area contributed by atoms with Crippen LogP contribution in [0.25, 0.3) is 0 Å². The van der Waals surface area contributed by atoms with E-state index < -0.39 is 27.4 Å². The van der Waals surface area contributed by atoms with E-state index in [1.54, 1.807) is 50.2 Å². The van der Waals surface area contributed by atoms with Gasteiger partial charge in [0, 0.05) is 29.1 Å². The van der Waals surface area contributed by atoms with Gasteiger partial charge < -0.3 is 19.5 Å². The number of ether oxygens (including phenoxy) is 3. The average Bonchev–Trinajstić information content (AvgIpc) is 3.17. The Morgan fingerprint density at radius 3 is 2.39 bits per heavy atom. The Balaban J connectivity index is 2.01. The number of carbonyl (C=O) groups is 3. The van der Waals surface area contributed by atoms with Gasteiger partial charge in [-0.1, -0.05) is 6.42 Å². The zero-order valence-electron chi connectivity index (χ0n) is 19.3. The first kappa shape index (κ1) is 24.7. The minimum absolute atomic E-state index is 0.203. The summed E-state index contributed by atoms with van der Waals surface area (Å²) in [5, 5.41) is 10.8. The first-order valence-corrected chi connectivity index (χ1v) is 11.9. The number of hydrogen-bond donors (Lipinski definition) is 1. The molecule has 0 aliphatic carbocycles. The number of nitrogens with one attached hydrogen (secondary N) is 1. The summed E-state index contributed by atoms with van der Waals surface area (Å²) >= 11 is 0. The van der Waals surface area contributed by atoms with Crippen molar-refractivity contribution in [1.29, 1.82) is 0 Å². The van der Waals surface area contributed by atoms with Gasteiger partial charge in [0.1, 0.15) is 16.3 Å². The Labute approximate surface area is 195 Å². The topological polar surface area (TPSA) is 110 Å². The first-order valence-electron chi connectivity index (χ1n) is 10.7. The smallest absolute Gasteiger partial charge is 0.371 e. The van der Waals surface area contributed by atoms with Crippen molar-refractivity contribution in [2.45, 2.75) is 45.6 Å². The second-order valence-corrected chi connectivity index (χ2v) is 10.2. The van der Waals surface area contributed by atoms with Crippen LogP contribution < -0.4 is 10.1 Å². The number of amides is 1. The second-order valence-electron chi connectivity index (χ2n) is 8.44. The maximum Gasteiger partial charge on any atom is 0.371 e. The van der Waals surface area contributed by atoms with E-state index in [9.17, 15) is 14.4 Å². The number of hydrogen-bond acceptors (Lipinski definition) is 9. The van der Waals surface area contributed by atoms with Crippen LogP contribution >= 0.6 is 10.5 Å². The van der Waals surface area contributed by atoms with E-state index in [-0.39, 0.29) is 11.8 Å². The molecule has 2 aliphatic heterocycles. The fourth-order valence-electron chi connectivity index (χ4n) is 3.32. The molecule has 0 saturated carbocycles. The molecule has 1 fully saturated rings. The second kappa shape index (κ2) is 10.8. The highest BCUT2D eigenvalue weighted by Crippen LogP contribution is 2.35. The molecule has 1 aromatic rings. The van der Waals surface area contributed by atoms with E-state index >= 15 is 0 Å². The van der Waals surface area contributed by atoms with Gasteiger partial charge in [-0.3, -0.25) is 4.79 Å². The molecule has 1 atom stereocenters. The quantitative estimate of drug-likeness (QED) is 0.378. The molecule has 1 unspecified atom stereocenters. The van der Waals surface area contributed by atoms with Gasteiger partial charge in [-0.05, 0) is 57.9 Å². The molecule has 0 aromatic heterocycles. The summed E-state index contributed by atoms with van der Waals surface area (Å²) in [6.07, 6.45) is 3.67. The van der Waals surface area contributed by atoms with Gasteiger partial charge in [-0.2, -0.15) is 10.1 Å². The van der Waals surface area contributed by atoms with Crippen LogP contribution in [0.2, 0.25) is 0 Å². The van der Waals surface area contributed by atoms with E-state index in [4.69, 9.17) is 9.47 Å². The van der Waals surface area contributed by atoms with Crippen molar-refractivity contribution in [3.8, 4) is 5.75 Å². The fourth-order valence-corrected chi connectivity index (χ4v) is 5.17. The Bertz CT molecular complexity index is 949. The first-order chi connectivity index (χ1) is 15.7. The normalized spacial score (nSPS) is 19.0. The summed E-state index contributed by atoms with van der Waals surface area (Å²) in [6, 6.07) is 7.01. The predicted octanol–water partition coefficient (Wildman–Crippen LogP) is 2.65. The van der Waals surface area contributed by atoms with Gasteiger partial charge >= 0.3 is 11.3 Å². The highest BCUT2D eigenvalue weighted by atomic mass is 32.2. The summed E-state index contributed by atoms with van der Waals surface area (Å²) in [5.41, 5.74) is 0.0256. The number of nitrogens with zero attached hydrogens (tertiary/aromatic N) is 3. The van der Waals surface area contributed by atoms with Crippen LogP contribution in [0.15, 0.2) is 29.4 Å². The van der Waals surface area contributed by atoms with E-state index in [1.807, 2.05) is 0 Å². The van der Waals surface area contributed by atoms with Gasteiger partial charge in [-0.15, -0.1) is 5.10 Å². The molecule has 0 radical (unpaired) electrons. The lowest BCUT2D eigenvalue weighted by Gasteiger charge is -2.34. The van der Waals surface area contributed by atoms with Crippen LogP contribution in [0.4, 0.5) is 4.79 Å². The van der Waals surface area contributed by atoms with E-state index in [1.165, 1.54) is 7.11 Å². The van der Waals surface area contributed by atoms with Crippen molar-refractivity contribution in [2.24, 2.45) is 5.10 Å². The van der Waals surface area contributed by atoms with Crippen molar-refractivity contribution in [1.82, 2.24) is 15.4 Å². The number of hydrazine groups is 1. The number of rotatable bonds is 6. The molecule has 1 aromatic carbocycles. The number of methoxy groups -OCH3 is 1. The molecule has 1 saturated heterocycles. The van der Waals surface area contributed by atoms with Crippen LogP contribution in [0.5, 0.6) is 5.75 Å². The highest BCUT2D eigenvalue weighted by molar-refractivity contribution is 8.39. The van der Waals surface area contributed by atoms with Crippen LogP contribution in [-0.4, -0.2) is 70.4 Å². The lowest BCUT2D eigenvalue weighted by atomic mass is 10.1. The summed E-state index contributed by atoms with van der Waals surface area (Å²) in [5.74, 6) is 0.00143. The van der Waals surface area contributed by atoms with Gasteiger partial charge in [0.2, 0.25) is 6.41 Å². The minimum atomic E-state index is -1.26. The van der Waals surface area contributed by atoms with Gasteiger partial charge in [0.15, 0.2) is 11.8 Å². The lowest BCUT2D eigenvalue weighted by molar-refractivity contribution is -0.142. The van der Waals surface area contributed by atoms with Crippen molar-refractivity contribution in [3.05, 3.63) is 29.8 Å². The number of esters is 1. The van der Waals surface area contributed by atoms with Crippen molar-refractivity contribution in [2.75, 3.05) is 26.8 Å². The minimum Gasteiger partial charge on any atom is -0.482 e. The zero-order valence-corrected chi connectivity index (χ0v) is 20.1. The van der Waals surface area contributed by atoms with Crippen LogP contribution in [-0.2, 0) is 19.1 Å². The Kier molecular flexibility index (Phi) is 8.09. The van der Waals surface area contributed by atoms with Crippen LogP contribution in [0, 0.1) is 0 Å². The van der Waals surface area contributed by atoms with E-state index in [0.29, 0.717) is 17.1 Å². The molecule has 2 aliphatic rings. The Hall–Kier alpha value is -2.92. The summed E-state index contributed by atoms with van der Waals surface area (Å²) in [4.78, 5) is 36.5. The molecule has 10 nitrogen and oxygen atoms in total. The van der Waals surface area contributed by atoms with E-state index in [0.717, 1.165) is 37.9 Å². The zero-order chi connectivity index (χ0) is 24.0. The third kappa shape index (κ3) is 6.32. The summed E-state index contributed by atoms with van der Waals surface area (Å²) < 4.78 is 15.7. The number of piperidine rings is 1. The maximum atomic E-state index is 13.2. The molecule has 3 rings (SSSR count). The standard InChI is InChI=1S/C22H30N4O6S/c1-22(2,3)32-21(29)33-19(16-8-10-17(11-9-16)31-14-18(28)30-4)26(24-20(33)23-15-27)25-12-6-5-7-13-25/h8-11,15H,5-7,12-14H2,1-4H3,(H,23,24,27). The SMILES string of the molecule is COC(=O)COc1ccc(C2=S(C(=O)OC(C)(C)C)C(NC=O)=NN2N2CCCCC2)cc1. The van der Waals surface area contributed by atoms with Crippen LogP contribution in [0.3, 0.4) is 0 Å². The molecule has 180 valence electrons. The van der Waals surface area contributed by atoms with Gasteiger partial charge in [-0.25, -0.2) is 9.59 Å². The van der Waals surface area contributed by atoms with Crippen molar-refractivity contribution >= 4 is 38.3 Å². The monoisotopic (exact) mass is 478 g/mol. The summed E-state index contributed by atoms with van der Waals surface area (Å²) in [7, 11) is 0.0317. The molecule has 0 bridgehead atoms. The molecule has 1 amide bonds. The lowest BCUT2D eigenvalue weighted by Crippen LogP contribution is -2.45. The molecule has 11 heteroatoms. The molecular weight excluding hydrogens is 448 g/mol. The Morgan fingerprint density at radius 2 is 1.82 bits per heavy atom. The molecule has 2 heterocycles. The number of amidine groups is 1. The molecule has 1 N–H and O–H groups in total. The third-order valence-electron chi connectivity index (χ3n) is 4.78. The molecule has 33 heavy (non-hydrogen) atoms. The van der Waals surface area contributed by atoms with Crippen molar-refractivity contribution < 1.29 is 28.6 Å². The molecule has 0 spiro atoms. The fraction of sp³-hybridized carbons (Fsp3) is 0.500.